The van der Waals surface area contributed by atoms with Crippen LogP contribution < -0.4 is 10.1 Å². The Balaban J connectivity index is 2.20. The number of amides is 1. The maximum absolute atomic E-state index is 12.2. The monoisotopic (exact) mass is 376 g/mol. The van der Waals surface area contributed by atoms with Crippen molar-refractivity contribution in [3.05, 3.63) is 34.7 Å². The lowest BCUT2D eigenvalue weighted by Crippen LogP contribution is -2.35. The third-order valence-corrected chi connectivity index (χ3v) is 4.54. The Morgan fingerprint density at radius 2 is 2.04 bits per heavy atom. The number of alkyl carbamates (subject to hydrolysis) is 1. The predicted octanol–water partition coefficient (Wildman–Crippen LogP) is 5.43. The van der Waals surface area contributed by atoms with Crippen molar-refractivity contribution in [1.29, 1.82) is 0 Å². The van der Waals surface area contributed by atoms with E-state index in [2.05, 4.69) is 19.2 Å². The van der Waals surface area contributed by atoms with Gasteiger partial charge in [0.25, 0.3) is 0 Å². The molecular formula is C20H28N2O3S. The molecule has 0 spiro atoms. The highest BCUT2D eigenvalue weighted by molar-refractivity contribution is 7.10. The van der Waals surface area contributed by atoms with Gasteiger partial charge in [0.15, 0.2) is 0 Å². The molecular weight excluding hydrogens is 348 g/mol. The Kier molecular flexibility index (Phi) is 6.64. The van der Waals surface area contributed by atoms with Crippen LogP contribution in [-0.4, -0.2) is 23.8 Å². The van der Waals surface area contributed by atoms with Gasteiger partial charge in [-0.25, -0.2) is 9.78 Å². The van der Waals surface area contributed by atoms with Crippen molar-refractivity contribution in [3.63, 3.8) is 0 Å². The molecule has 0 aliphatic carbocycles. The maximum atomic E-state index is 12.2. The Bertz CT molecular complexity index is 735. The molecule has 1 amide bonds. The Hall–Kier alpha value is -2.08. The molecule has 5 nitrogen and oxygen atoms in total. The Morgan fingerprint density at radius 3 is 2.65 bits per heavy atom. The van der Waals surface area contributed by atoms with Crippen LogP contribution in [0.25, 0.3) is 11.3 Å². The van der Waals surface area contributed by atoms with Crippen LogP contribution in [0.15, 0.2) is 29.6 Å². The van der Waals surface area contributed by atoms with E-state index in [1.54, 1.807) is 18.4 Å². The van der Waals surface area contributed by atoms with Crippen LogP contribution in [0.4, 0.5) is 4.79 Å². The third kappa shape index (κ3) is 6.02. The molecule has 0 saturated carbocycles. The fraction of sp³-hybridized carbons (Fsp3) is 0.500. The van der Waals surface area contributed by atoms with Gasteiger partial charge in [-0.05, 0) is 45.2 Å². The van der Waals surface area contributed by atoms with Gasteiger partial charge in [0.2, 0.25) is 0 Å². The zero-order valence-corrected chi connectivity index (χ0v) is 17.1. The van der Waals surface area contributed by atoms with Crippen LogP contribution in [0.1, 0.15) is 52.1 Å². The molecule has 0 radical (unpaired) electrons. The summed E-state index contributed by atoms with van der Waals surface area (Å²) in [6.45, 7) is 9.82. The molecule has 0 aliphatic heterocycles. The van der Waals surface area contributed by atoms with E-state index in [1.807, 2.05) is 50.4 Å². The number of nitrogens with one attached hydrogen (secondary N) is 1. The van der Waals surface area contributed by atoms with Crippen LogP contribution >= 0.6 is 11.3 Å². The summed E-state index contributed by atoms with van der Waals surface area (Å²) in [4.78, 5) is 17.0. The first-order chi connectivity index (χ1) is 12.2. The molecule has 1 aromatic carbocycles. The first kappa shape index (κ1) is 20.2. The molecule has 1 atom stereocenters. The van der Waals surface area contributed by atoms with E-state index in [-0.39, 0.29) is 6.04 Å². The maximum Gasteiger partial charge on any atom is 0.408 e. The van der Waals surface area contributed by atoms with E-state index >= 15 is 0 Å². The molecule has 142 valence electrons. The van der Waals surface area contributed by atoms with Crippen molar-refractivity contribution < 1.29 is 14.3 Å². The van der Waals surface area contributed by atoms with E-state index in [0.29, 0.717) is 5.92 Å². The van der Waals surface area contributed by atoms with Crippen LogP contribution in [-0.2, 0) is 4.74 Å². The predicted molar refractivity (Wildman–Crippen MR) is 106 cm³/mol. The third-order valence-electron chi connectivity index (χ3n) is 3.58. The van der Waals surface area contributed by atoms with Gasteiger partial charge in [-0.1, -0.05) is 26.0 Å². The standard InChI is InChI=1S/C20H28N2O3S/c1-13(2)10-16(22-19(23)25-20(3,4)5)18-21-17(12-26-18)14-8-7-9-15(11-14)24-6/h7-9,11-13,16H,10H2,1-6H3,(H,22,23). The second-order valence-electron chi connectivity index (χ2n) is 7.63. The van der Waals surface area contributed by atoms with Gasteiger partial charge in [-0.3, -0.25) is 0 Å². The highest BCUT2D eigenvalue weighted by Crippen LogP contribution is 2.30. The first-order valence-electron chi connectivity index (χ1n) is 8.77. The van der Waals surface area contributed by atoms with E-state index in [0.717, 1.165) is 28.4 Å². The molecule has 26 heavy (non-hydrogen) atoms. The van der Waals surface area contributed by atoms with Crippen molar-refractivity contribution in [2.75, 3.05) is 7.11 Å². The van der Waals surface area contributed by atoms with Crippen molar-refractivity contribution in [2.24, 2.45) is 5.92 Å². The Labute approximate surface area is 159 Å². The van der Waals surface area contributed by atoms with Crippen LogP contribution in [0.3, 0.4) is 0 Å². The quantitative estimate of drug-likeness (QED) is 0.730. The van der Waals surface area contributed by atoms with Gasteiger partial charge in [0.05, 0.1) is 18.8 Å². The number of aromatic nitrogens is 1. The van der Waals surface area contributed by atoms with E-state index in [1.165, 1.54) is 0 Å². The molecule has 1 unspecified atom stereocenters. The molecule has 0 aliphatic rings. The number of hydrogen-bond acceptors (Lipinski definition) is 5. The minimum absolute atomic E-state index is 0.172. The minimum atomic E-state index is -0.527. The summed E-state index contributed by atoms with van der Waals surface area (Å²) < 4.78 is 10.7. The molecule has 0 saturated heterocycles. The first-order valence-corrected chi connectivity index (χ1v) is 9.65. The van der Waals surface area contributed by atoms with Crippen molar-refractivity contribution >= 4 is 17.4 Å². The minimum Gasteiger partial charge on any atom is -0.497 e. The van der Waals surface area contributed by atoms with E-state index in [4.69, 9.17) is 14.5 Å². The summed E-state index contributed by atoms with van der Waals surface area (Å²) in [6, 6.07) is 7.63. The summed E-state index contributed by atoms with van der Waals surface area (Å²) in [6.07, 6.45) is 0.380. The lowest BCUT2D eigenvalue weighted by Gasteiger charge is -2.23. The van der Waals surface area contributed by atoms with Gasteiger partial charge in [0.1, 0.15) is 16.4 Å². The second kappa shape index (κ2) is 8.54. The zero-order valence-electron chi connectivity index (χ0n) is 16.3. The average molecular weight is 377 g/mol. The highest BCUT2D eigenvalue weighted by atomic mass is 32.1. The lowest BCUT2D eigenvalue weighted by molar-refractivity contribution is 0.0498. The zero-order chi connectivity index (χ0) is 19.3. The number of hydrogen-bond donors (Lipinski definition) is 1. The molecule has 6 heteroatoms. The van der Waals surface area contributed by atoms with Crippen LogP contribution in [0.2, 0.25) is 0 Å². The van der Waals surface area contributed by atoms with Crippen LogP contribution in [0.5, 0.6) is 5.75 Å². The van der Waals surface area contributed by atoms with Gasteiger partial charge in [0, 0.05) is 10.9 Å². The fourth-order valence-corrected chi connectivity index (χ4v) is 3.40. The van der Waals surface area contributed by atoms with E-state index in [9.17, 15) is 4.79 Å². The number of rotatable bonds is 6. The topological polar surface area (TPSA) is 60.5 Å². The molecule has 2 rings (SSSR count). The number of carbonyl (C=O) groups excluding carboxylic acids is 1. The van der Waals surface area contributed by atoms with Gasteiger partial charge in [-0.15, -0.1) is 11.3 Å². The molecule has 0 bridgehead atoms. The van der Waals surface area contributed by atoms with Gasteiger partial charge in [-0.2, -0.15) is 0 Å². The fourth-order valence-electron chi connectivity index (χ4n) is 2.51. The number of ether oxygens (including phenoxy) is 2. The largest absolute Gasteiger partial charge is 0.497 e. The van der Waals surface area contributed by atoms with Crippen molar-refractivity contribution in [3.8, 4) is 17.0 Å². The number of thiazole rings is 1. The normalized spacial score (nSPS) is 12.7. The number of carbonyl (C=O) groups is 1. The second-order valence-corrected chi connectivity index (χ2v) is 8.52. The summed E-state index contributed by atoms with van der Waals surface area (Å²) in [5.41, 5.74) is 1.34. The number of methoxy groups -OCH3 is 1. The van der Waals surface area contributed by atoms with Gasteiger partial charge >= 0.3 is 6.09 Å². The number of nitrogens with zero attached hydrogens (tertiary/aromatic N) is 1. The summed E-state index contributed by atoms with van der Waals surface area (Å²) in [5, 5.41) is 5.86. The van der Waals surface area contributed by atoms with E-state index < -0.39 is 11.7 Å². The molecule has 1 heterocycles. The van der Waals surface area contributed by atoms with Crippen molar-refractivity contribution in [2.45, 2.75) is 52.7 Å². The molecule has 2 aromatic rings. The summed E-state index contributed by atoms with van der Waals surface area (Å²) in [7, 11) is 1.65. The summed E-state index contributed by atoms with van der Waals surface area (Å²) in [5.74, 6) is 1.21. The Morgan fingerprint density at radius 1 is 1.31 bits per heavy atom. The molecule has 1 N–H and O–H groups in total. The molecule has 1 aromatic heterocycles. The lowest BCUT2D eigenvalue weighted by atomic mass is 10.0. The van der Waals surface area contributed by atoms with Crippen LogP contribution in [0, 0.1) is 5.92 Å². The highest BCUT2D eigenvalue weighted by Gasteiger charge is 2.23. The van der Waals surface area contributed by atoms with Crippen molar-refractivity contribution in [1.82, 2.24) is 10.3 Å². The summed E-state index contributed by atoms with van der Waals surface area (Å²) >= 11 is 1.55. The SMILES string of the molecule is COc1cccc(-c2csc(C(CC(C)C)NC(=O)OC(C)(C)C)n2)c1. The molecule has 0 fully saturated rings. The number of benzene rings is 1. The van der Waals surface area contributed by atoms with Gasteiger partial charge < -0.3 is 14.8 Å². The average Bonchev–Trinajstić information content (AvgIpc) is 3.02. The smallest absolute Gasteiger partial charge is 0.408 e.